The molecular formula is C21H30ClN3O3. The first kappa shape index (κ1) is 20.9. The molecule has 1 aromatic carbocycles. The first-order chi connectivity index (χ1) is 13.1. The molecule has 7 heteroatoms. The lowest BCUT2D eigenvalue weighted by Gasteiger charge is -2.37. The van der Waals surface area contributed by atoms with Gasteiger partial charge in [0.2, 0.25) is 11.8 Å². The summed E-state index contributed by atoms with van der Waals surface area (Å²) < 4.78 is 5.47. The van der Waals surface area contributed by atoms with Crippen molar-refractivity contribution in [3.63, 3.8) is 0 Å². The minimum absolute atomic E-state index is 0. The van der Waals surface area contributed by atoms with Crippen molar-refractivity contribution < 1.29 is 14.3 Å². The van der Waals surface area contributed by atoms with Crippen LogP contribution in [0.15, 0.2) is 24.3 Å². The summed E-state index contributed by atoms with van der Waals surface area (Å²) in [6.07, 6.45) is 4.39. The van der Waals surface area contributed by atoms with Crippen molar-refractivity contribution in [1.29, 1.82) is 0 Å². The van der Waals surface area contributed by atoms with E-state index in [-0.39, 0.29) is 29.6 Å². The van der Waals surface area contributed by atoms with Crippen molar-refractivity contribution in [3.8, 4) is 5.75 Å². The summed E-state index contributed by atoms with van der Waals surface area (Å²) in [6, 6.07) is 8.11. The quantitative estimate of drug-likeness (QED) is 0.702. The lowest BCUT2D eigenvalue weighted by molar-refractivity contribution is -0.141. The Bertz CT molecular complexity index is 713. The number of likely N-dealkylation sites (tertiary alicyclic amines) is 1. The molecule has 0 aromatic heterocycles. The molecule has 0 radical (unpaired) electrons. The van der Waals surface area contributed by atoms with Gasteiger partial charge in [0, 0.05) is 45.7 Å². The van der Waals surface area contributed by atoms with E-state index in [2.05, 4.69) is 15.9 Å². The number of ether oxygens (including phenoxy) is 1. The van der Waals surface area contributed by atoms with Crippen LogP contribution in [-0.4, -0.2) is 68.0 Å². The van der Waals surface area contributed by atoms with Crippen molar-refractivity contribution in [3.05, 3.63) is 24.3 Å². The van der Waals surface area contributed by atoms with Crippen LogP contribution in [-0.2, 0) is 9.59 Å². The van der Waals surface area contributed by atoms with Crippen LogP contribution < -0.4 is 9.64 Å². The molecule has 154 valence electrons. The standard InChI is InChI=1S/C21H29N3O3.ClH/c1-27-18-7-3-2-6-17(18)23-13-10-22(11-14-23)12-15-24-19(25)16-21(20(24)26)8-4-5-9-21;/h2-3,6-7H,4-5,8-16H2,1H3;1H. The predicted octanol–water partition coefficient (Wildman–Crippen LogP) is 2.56. The molecule has 1 spiro atoms. The average Bonchev–Trinajstić information content (AvgIpc) is 3.26. The zero-order valence-electron chi connectivity index (χ0n) is 16.6. The number of methoxy groups -OCH3 is 1. The molecule has 3 aliphatic rings. The molecule has 0 unspecified atom stereocenters. The van der Waals surface area contributed by atoms with E-state index in [1.807, 2.05) is 18.2 Å². The summed E-state index contributed by atoms with van der Waals surface area (Å²) >= 11 is 0. The molecule has 1 aromatic rings. The molecule has 2 heterocycles. The van der Waals surface area contributed by atoms with E-state index < -0.39 is 0 Å². The van der Waals surface area contributed by atoms with Crippen LogP contribution >= 0.6 is 12.4 Å². The summed E-state index contributed by atoms with van der Waals surface area (Å²) in [6.45, 7) is 5.01. The van der Waals surface area contributed by atoms with Crippen LogP contribution in [0, 0.1) is 5.41 Å². The number of anilines is 1. The maximum Gasteiger partial charge on any atom is 0.235 e. The fraction of sp³-hybridized carbons (Fsp3) is 0.619. The van der Waals surface area contributed by atoms with Crippen LogP contribution in [0.5, 0.6) is 5.75 Å². The van der Waals surface area contributed by atoms with Crippen LogP contribution in [0.2, 0.25) is 0 Å². The molecule has 28 heavy (non-hydrogen) atoms. The fourth-order valence-corrected chi connectivity index (χ4v) is 4.87. The Labute approximate surface area is 173 Å². The first-order valence-electron chi connectivity index (χ1n) is 10.1. The van der Waals surface area contributed by atoms with Crippen LogP contribution in [0.4, 0.5) is 5.69 Å². The molecule has 3 fully saturated rings. The smallest absolute Gasteiger partial charge is 0.235 e. The number of benzene rings is 1. The van der Waals surface area contributed by atoms with Crippen LogP contribution in [0.25, 0.3) is 0 Å². The highest BCUT2D eigenvalue weighted by atomic mass is 35.5. The van der Waals surface area contributed by atoms with Gasteiger partial charge in [0.25, 0.3) is 0 Å². The zero-order valence-corrected chi connectivity index (χ0v) is 17.4. The highest BCUT2D eigenvalue weighted by molar-refractivity contribution is 6.06. The number of imide groups is 1. The first-order valence-corrected chi connectivity index (χ1v) is 10.1. The number of piperazine rings is 1. The number of halogens is 1. The molecule has 0 bridgehead atoms. The number of amides is 2. The largest absolute Gasteiger partial charge is 0.495 e. The number of hydrogen-bond acceptors (Lipinski definition) is 5. The molecule has 1 aliphatic carbocycles. The lowest BCUT2D eigenvalue weighted by atomic mass is 9.84. The van der Waals surface area contributed by atoms with E-state index >= 15 is 0 Å². The van der Waals surface area contributed by atoms with Crippen molar-refractivity contribution in [2.75, 3.05) is 51.3 Å². The Morgan fingerprint density at radius 1 is 1.00 bits per heavy atom. The van der Waals surface area contributed by atoms with Crippen molar-refractivity contribution in [1.82, 2.24) is 9.80 Å². The van der Waals surface area contributed by atoms with Crippen LogP contribution in [0.1, 0.15) is 32.1 Å². The summed E-state index contributed by atoms with van der Waals surface area (Å²) in [5, 5.41) is 0. The Morgan fingerprint density at radius 3 is 2.36 bits per heavy atom. The molecular weight excluding hydrogens is 378 g/mol. The second-order valence-corrected chi connectivity index (χ2v) is 8.02. The molecule has 2 saturated heterocycles. The number of para-hydroxylation sites is 2. The van der Waals surface area contributed by atoms with Crippen molar-refractivity contribution >= 4 is 29.9 Å². The van der Waals surface area contributed by atoms with Gasteiger partial charge in [0.15, 0.2) is 0 Å². The third-order valence-electron chi connectivity index (χ3n) is 6.49. The Morgan fingerprint density at radius 2 is 1.68 bits per heavy atom. The predicted molar refractivity (Wildman–Crippen MR) is 111 cm³/mol. The minimum atomic E-state index is -0.348. The average molecular weight is 408 g/mol. The number of rotatable bonds is 5. The van der Waals surface area contributed by atoms with Gasteiger partial charge in [0.1, 0.15) is 5.75 Å². The molecule has 6 nitrogen and oxygen atoms in total. The number of nitrogens with zero attached hydrogens (tertiary/aromatic N) is 3. The van der Waals surface area contributed by atoms with Crippen molar-refractivity contribution in [2.45, 2.75) is 32.1 Å². The van der Waals surface area contributed by atoms with E-state index in [1.165, 1.54) is 4.90 Å². The van der Waals surface area contributed by atoms with Gasteiger partial charge in [-0.2, -0.15) is 0 Å². The lowest BCUT2D eigenvalue weighted by Crippen LogP contribution is -2.49. The van der Waals surface area contributed by atoms with Gasteiger partial charge in [0.05, 0.1) is 18.2 Å². The summed E-state index contributed by atoms with van der Waals surface area (Å²) in [5.74, 6) is 1.04. The monoisotopic (exact) mass is 407 g/mol. The van der Waals surface area contributed by atoms with Gasteiger partial charge in [-0.1, -0.05) is 25.0 Å². The van der Waals surface area contributed by atoms with Crippen molar-refractivity contribution in [2.24, 2.45) is 5.41 Å². The maximum atomic E-state index is 12.8. The van der Waals surface area contributed by atoms with E-state index in [9.17, 15) is 9.59 Å². The second-order valence-electron chi connectivity index (χ2n) is 8.02. The number of hydrogen-bond donors (Lipinski definition) is 0. The highest BCUT2D eigenvalue weighted by Crippen LogP contribution is 2.46. The summed E-state index contributed by atoms with van der Waals surface area (Å²) in [7, 11) is 1.70. The van der Waals surface area contributed by atoms with Gasteiger partial charge in [-0.05, 0) is 25.0 Å². The molecule has 0 atom stereocenters. The van der Waals surface area contributed by atoms with E-state index in [4.69, 9.17) is 4.74 Å². The molecule has 1 saturated carbocycles. The zero-order chi connectivity index (χ0) is 18.9. The number of carbonyl (C=O) groups is 2. The minimum Gasteiger partial charge on any atom is -0.495 e. The third-order valence-corrected chi connectivity index (χ3v) is 6.49. The van der Waals surface area contributed by atoms with Gasteiger partial charge in [-0.15, -0.1) is 12.4 Å². The SMILES string of the molecule is COc1ccccc1N1CCN(CCN2C(=O)CC3(CCCC3)C2=O)CC1.Cl. The Balaban J connectivity index is 0.00000225. The summed E-state index contributed by atoms with van der Waals surface area (Å²) in [4.78, 5) is 31.4. The molecule has 0 N–H and O–H groups in total. The summed E-state index contributed by atoms with van der Waals surface area (Å²) in [5.41, 5.74) is 0.785. The van der Waals surface area contributed by atoms with Gasteiger partial charge >= 0.3 is 0 Å². The van der Waals surface area contributed by atoms with E-state index in [1.54, 1.807) is 7.11 Å². The molecule has 2 aliphatic heterocycles. The van der Waals surface area contributed by atoms with Crippen LogP contribution in [0.3, 0.4) is 0 Å². The number of carbonyl (C=O) groups excluding carboxylic acids is 2. The maximum absolute atomic E-state index is 12.8. The van der Waals surface area contributed by atoms with Gasteiger partial charge < -0.3 is 9.64 Å². The fourth-order valence-electron chi connectivity index (χ4n) is 4.87. The van der Waals surface area contributed by atoms with Gasteiger partial charge in [-0.25, -0.2) is 0 Å². The topological polar surface area (TPSA) is 53.1 Å². The van der Waals surface area contributed by atoms with Gasteiger partial charge in [-0.3, -0.25) is 19.4 Å². The molecule has 2 amide bonds. The Kier molecular flexibility index (Phi) is 6.50. The normalized spacial score (nSPS) is 22.0. The van der Waals surface area contributed by atoms with E-state index in [0.29, 0.717) is 13.0 Å². The highest BCUT2D eigenvalue weighted by Gasteiger charge is 2.52. The Hall–Kier alpha value is -1.79. The third kappa shape index (κ3) is 3.85. The van der Waals surface area contributed by atoms with E-state index in [0.717, 1.165) is 69.8 Å². The molecule has 4 rings (SSSR count). The second kappa shape index (κ2) is 8.70.